The van der Waals surface area contributed by atoms with Gasteiger partial charge in [0.15, 0.2) is 9.84 Å². The van der Waals surface area contributed by atoms with E-state index in [1.807, 2.05) is 4.90 Å². The van der Waals surface area contributed by atoms with E-state index in [-0.39, 0.29) is 16.8 Å². The Bertz CT molecular complexity index is 664. The molecule has 2 aliphatic heterocycles. The van der Waals surface area contributed by atoms with Gasteiger partial charge < -0.3 is 4.90 Å². The van der Waals surface area contributed by atoms with Crippen molar-refractivity contribution in [3.05, 3.63) is 11.9 Å². The molecule has 1 aromatic rings. The summed E-state index contributed by atoms with van der Waals surface area (Å²) in [5.74, 6) is 0.148. The van der Waals surface area contributed by atoms with Crippen LogP contribution in [0.3, 0.4) is 0 Å². The van der Waals surface area contributed by atoms with Crippen LogP contribution in [0.4, 0.5) is 0 Å². The molecule has 1 N–H and O–H groups in total. The van der Waals surface area contributed by atoms with Gasteiger partial charge in [0.2, 0.25) is 5.91 Å². The highest BCUT2D eigenvalue weighted by atomic mass is 32.2. The molecular formula is C15H24N4O3S. The second-order valence-electron chi connectivity index (χ2n) is 6.49. The maximum absolute atomic E-state index is 12.5. The Morgan fingerprint density at radius 1 is 1.26 bits per heavy atom. The van der Waals surface area contributed by atoms with Crippen LogP contribution in [0.1, 0.15) is 43.8 Å². The van der Waals surface area contributed by atoms with Gasteiger partial charge in [-0.25, -0.2) is 8.42 Å². The second kappa shape index (κ2) is 6.60. The summed E-state index contributed by atoms with van der Waals surface area (Å²) in [7, 11) is -3.32. The molecule has 2 fully saturated rings. The van der Waals surface area contributed by atoms with Crippen LogP contribution in [-0.2, 0) is 14.6 Å². The molecule has 128 valence electrons. The van der Waals surface area contributed by atoms with E-state index >= 15 is 0 Å². The van der Waals surface area contributed by atoms with Crippen LogP contribution >= 0.6 is 0 Å². The fraction of sp³-hybridized carbons (Fsp3) is 0.733. The van der Waals surface area contributed by atoms with Crippen molar-refractivity contribution >= 4 is 15.7 Å². The summed E-state index contributed by atoms with van der Waals surface area (Å²) in [6.45, 7) is 2.85. The molecule has 1 amide bonds. The van der Waals surface area contributed by atoms with Gasteiger partial charge in [-0.05, 0) is 32.2 Å². The Balaban J connectivity index is 1.79. The first-order valence-corrected chi connectivity index (χ1v) is 10.1. The minimum absolute atomic E-state index is 0.0810. The van der Waals surface area contributed by atoms with Gasteiger partial charge in [-0.1, -0.05) is 6.42 Å². The zero-order valence-electron chi connectivity index (χ0n) is 13.5. The first-order chi connectivity index (χ1) is 11.0. The van der Waals surface area contributed by atoms with Gasteiger partial charge in [0, 0.05) is 19.3 Å². The molecule has 1 aromatic heterocycles. The molecule has 3 heterocycles. The SMILES string of the molecule is CS(=O)(=O)c1cn[nH]c1[C@@H]1CCCCN1CC(=O)N1CCCC1. The lowest BCUT2D eigenvalue weighted by Gasteiger charge is -2.35. The lowest BCUT2D eigenvalue weighted by molar-refractivity contribution is -0.132. The minimum Gasteiger partial charge on any atom is -0.342 e. The highest BCUT2D eigenvalue weighted by Crippen LogP contribution is 2.33. The number of aromatic nitrogens is 2. The van der Waals surface area contributed by atoms with Crippen LogP contribution in [0, 0.1) is 0 Å². The van der Waals surface area contributed by atoms with Gasteiger partial charge in [-0.15, -0.1) is 0 Å². The predicted octanol–water partition coefficient (Wildman–Crippen LogP) is 0.963. The molecule has 2 saturated heterocycles. The van der Waals surface area contributed by atoms with E-state index < -0.39 is 9.84 Å². The first-order valence-electron chi connectivity index (χ1n) is 8.22. The molecule has 0 aromatic carbocycles. The molecule has 1 atom stereocenters. The summed E-state index contributed by atoms with van der Waals surface area (Å²) in [6.07, 6.45) is 7.64. The fourth-order valence-corrected chi connectivity index (χ4v) is 4.39. The summed E-state index contributed by atoms with van der Waals surface area (Å²) in [5.41, 5.74) is 0.626. The molecule has 0 spiro atoms. The number of carbonyl (C=O) groups excluding carboxylic acids is 1. The molecule has 0 saturated carbocycles. The average Bonchev–Trinajstić information content (AvgIpc) is 3.19. The number of H-pyrrole nitrogens is 1. The van der Waals surface area contributed by atoms with Crippen LogP contribution < -0.4 is 0 Å². The zero-order valence-corrected chi connectivity index (χ0v) is 14.3. The Morgan fingerprint density at radius 3 is 2.65 bits per heavy atom. The maximum Gasteiger partial charge on any atom is 0.236 e. The number of hydrogen-bond acceptors (Lipinski definition) is 5. The molecule has 0 radical (unpaired) electrons. The van der Waals surface area contributed by atoms with E-state index in [0.717, 1.165) is 51.7 Å². The van der Waals surface area contributed by atoms with Gasteiger partial charge in [0.05, 0.1) is 24.5 Å². The normalized spacial score (nSPS) is 23.3. The van der Waals surface area contributed by atoms with Gasteiger partial charge in [-0.3, -0.25) is 14.8 Å². The molecule has 0 unspecified atom stereocenters. The lowest BCUT2D eigenvalue weighted by atomic mass is 9.99. The number of nitrogens with one attached hydrogen (secondary N) is 1. The van der Waals surface area contributed by atoms with Gasteiger partial charge in [0.1, 0.15) is 4.90 Å². The number of likely N-dealkylation sites (tertiary alicyclic amines) is 2. The molecule has 23 heavy (non-hydrogen) atoms. The Hall–Kier alpha value is -1.41. The largest absolute Gasteiger partial charge is 0.342 e. The fourth-order valence-electron chi connectivity index (χ4n) is 3.57. The van der Waals surface area contributed by atoms with E-state index in [2.05, 4.69) is 15.1 Å². The van der Waals surface area contributed by atoms with Crippen molar-refractivity contribution in [2.45, 2.75) is 43.0 Å². The van der Waals surface area contributed by atoms with Gasteiger partial charge >= 0.3 is 0 Å². The van der Waals surface area contributed by atoms with Crippen molar-refractivity contribution in [3.8, 4) is 0 Å². The number of hydrogen-bond donors (Lipinski definition) is 1. The number of nitrogens with zero attached hydrogens (tertiary/aromatic N) is 3. The van der Waals surface area contributed by atoms with Crippen LogP contribution in [-0.4, -0.2) is 66.8 Å². The van der Waals surface area contributed by atoms with Crippen molar-refractivity contribution in [2.75, 3.05) is 32.4 Å². The van der Waals surface area contributed by atoms with Crippen LogP contribution in [0.15, 0.2) is 11.1 Å². The van der Waals surface area contributed by atoms with Crippen molar-refractivity contribution in [1.82, 2.24) is 20.0 Å². The smallest absolute Gasteiger partial charge is 0.236 e. The third-order valence-electron chi connectivity index (χ3n) is 4.78. The summed E-state index contributed by atoms with van der Waals surface area (Å²) in [6, 6.07) is -0.0810. The van der Waals surface area contributed by atoms with Crippen molar-refractivity contribution in [1.29, 1.82) is 0 Å². The Labute approximate surface area is 137 Å². The monoisotopic (exact) mass is 340 g/mol. The number of rotatable bonds is 4. The predicted molar refractivity (Wildman–Crippen MR) is 85.7 cm³/mol. The quantitative estimate of drug-likeness (QED) is 0.882. The van der Waals surface area contributed by atoms with E-state index in [1.165, 1.54) is 12.5 Å². The molecule has 0 bridgehead atoms. The average molecular weight is 340 g/mol. The van der Waals surface area contributed by atoms with E-state index in [0.29, 0.717) is 12.2 Å². The Morgan fingerprint density at radius 2 is 1.96 bits per heavy atom. The van der Waals surface area contributed by atoms with E-state index in [9.17, 15) is 13.2 Å². The maximum atomic E-state index is 12.5. The number of sulfone groups is 1. The third kappa shape index (κ3) is 3.58. The number of piperidine rings is 1. The summed E-state index contributed by atoms with van der Waals surface area (Å²) < 4.78 is 23.9. The third-order valence-corrected chi connectivity index (χ3v) is 5.90. The summed E-state index contributed by atoms with van der Waals surface area (Å²) in [4.78, 5) is 16.7. The zero-order chi connectivity index (χ0) is 16.4. The topological polar surface area (TPSA) is 86.4 Å². The highest BCUT2D eigenvalue weighted by Gasteiger charge is 2.32. The van der Waals surface area contributed by atoms with Crippen molar-refractivity contribution in [2.24, 2.45) is 0 Å². The summed E-state index contributed by atoms with van der Waals surface area (Å²) in [5, 5.41) is 6.79. The van der Waals surface area contributed by atoms with Crippen LogP contribution in [0.25, 0.3) is 0 Å². The summed E-state index contributed by atoms with van der Waals surface area (Å²) >= 11 is 0. The number of amides is 1. The van der Waals surface area contributed by atoms with Crippen LogP contribution in [0.5, 0.6) is 0 Å². The van der Waals surface area contributed by atoms with Gasteiger partial charge in [-0.2, -0.15) is 5.10 Å². The molecule has 3 rings (SSSR count). The van der Waals surface area contributed by atoms with E-state index in [1.54, 1.807) is 0 Å². The molecule has 7 nitrogen and oxygen atoms in total. The van der Waals surface area contributed by atoms with E-state index in [4.69, 9.17) is 0 Å². The minimum atomic E-state index is -3.32. The number of carbonyl (C=O) groups is 1. The Kier molecular flexibility index (Phi) is 4.72. The van der Waals surface area contributed by atoms with Gasteiger partial charge in [0.25, 0.3) is 0 Å². The highest BCUT2D eigenvalue weighted by molar-refractivity contribution is 7.90. The van der Waals surface area contributed by atoms with Crippen molar-refractivity contribution < 1.29 is 13.2 Å². The molecular weight excluding hydrogens is 316 g/mol. The van der Waals surface area contributed by atoms with Crippen molar-refractivity contribution in [3.63, 3.8) is 0 Å². The molecule has 8 heteroatoms. The molecule has 2 aliphatic rings. The van der Waals surface area contributed by atoms with Crippen LogP contribution in [0.2, 0.25) is 0 Å². The number of aromatic amines is 1. The standard InChI is InChI=1S/C15H24N4O3S/c1-23(21,22)13-10-16-17-15(13)12-6-2-3-9-19(12)11-14(20)18-7-4-5-8-18/h10,12H,2-9,11H2,1H3,(H,16,17)/t12-/m0/s1. The second-order valence-corrected chi connectivity index (χ2v) is 8.47. The molecule has 0 aliphatic carbocycles. The lowest BCUT2D eigenvalue weighted by Crippen LogP contribution is -2.43. The first kappa shape index (κ1) is 16.4.